The molecule has 7 heteroatoms. The second-order valence-electron chi connectivity index (χ2n) is 7.46. The number of phenolic OH excluding ortho intramolecular Hbond substituents is 1. The molecule has 1 amide bonds. The quantitative estimate of drug-likeness (QED) is 0.695. The van der Waals surface area contributed by atoms with Crippen LogP contribution in [0.3, 0.4) is 0 Å². The van der Waals surface area contributed by atoms with Crippen LogP contribution < -0.4 is 10.2 Å². The van der Waals surface area contributed by atoms with Crippen LogP contribution in [-0.2, 0) is 4.74 Å². The number of hydrogen-bond donors (Lipinski definition) is 1. The van der Waals surface area contributed by atoms with Gasteiger partial charge in [-0.05, 0) is 48.7 Å². The Bertz CT molecular complexity index is 1210. The first-order valence-electron chi connectivity index (χ1n) is 9.62. The van der Waals surface area contributed by atoms with Gasteiger partial charge in [-0.1, -0.05) is 12.1 Å². The molecule has 0 spiro atoms. The Hall–Kier alpha value is -3.32. The zero-order chi connectivity index (χ0) is 21.6. The number of aryl methyl sites for hydroxylation is 2. The van der Waals surface area contributed by atoms with E-state index in [1.807, 2.05) is 19.9 Å². The number of benzene rings is 2. The molecule has 0 fully saturated rings. The number of phenols is 1. The number of methoxy groups -OCH3 is 2. The Morgan fingerprint density at radius 2 is 1.90 bits per heavy atom. The maximum absolute atomic E-state index is 13.5. The van der Waals surface area contributed by atoms with E-state index in [1.165, 1.54) is 13.2 Å². The number of rotatable bonds is 5. The summed E-state index contributed by atoms with van der Waals surface area (Å²) in [6.45, 7) is 4.35. The average Bonchev–Trinajstić information content (AvgIpc) is 3.00. The van der Waals surface area contributed by atoms with Crippen LogP contribution in [0.5, 0.6) is 11.5 Å². The minimum atomic E-state index is -0.668. The lowest BCUT2D eigenvalue weighted by molar-refractivity contribution is 0.0663. The van der Waals surface area contributed by atoms with Crippen LogP contribution in [0, 0.1) is 13.8 Å². The highest BCUT2D eigenvalue weighted by molar-refractivity contribution is 5.99. The molecule has 1 aliphatic heterocycles. The molecule has 1 aromatic heterocycles. The van der Waals surface area contributed by atoms with E-state index in [9.17, 15) is 14.7 Å². The molecule has 156 valence electrons. The monoisotopic (exact) mass is 409 g/mol. The topological polar surface area (TPSA) is 89.2 Å². The van der Waals surface area contributed by atoms with Crippen molar-refractivity contribution in [1.29, 1.82) is 0 Å². The van der Waals surface area contributed by atoms with Gasteiger partial charge in [-0.25, -0.2) is 0 Å². The van der Waals surface area contributed by atoms with Gasteiger partial charge in [0.05, 0.1) is 30.7 Å². The Morgan fingerprint density at radius 1 is 1.13 bits per heavy atom. The van der Waals surface area contributed by atoms with Gasteiger partial charge in [0.15, 0.2) is 16.9 Å². The molecular weight excluding hydrogens is 386 g/mol. The largest absolute Gasteiger partial charge is 0.504 e. The minimum absolute atomic E-state index is 0.0222. The van der Waals surface area contributed by atoms with E-state index in [-0.39, 0.29) is 35.1 Å². The molecule has 0 radical (unpaired) electrons. The molecule has 3 aromatic rings. The van der Waals surface area contributed by atoms with Crippen LogP contribution >= 0.6 is 0 Å². The van der Waals surface area contributed by atoms with Gasteiger partial charge < -0.3 is 23.9 Å². The highest BCUT2D eigenvalue weighted by Crippen LogP contribution is 2.40. The first-order valence-corrected chi connectivity index (χ1v) is 9.62. The number of fused-ring (bicyclic) bond motifs is 2. The van der Waals surface area contributed by atoms with Gasteiger partial charge in [-0.2, -0.15) is 0 Å². The SMILES string of the molecule is COCCN1C(=O)c2oc3c(C)cc(C)cc3c(=O)c2[C@H]1c1ccc(O)c(OC)c1. The van der Waals surface area contributed by atoms with Crippen LogP contribution in [0.1, 0.15) is 38.9 Å². The van der Waals surface area contributed by atoms with Gasteiger partial charge in [-0.15, -0.1) is 0 Å². The van der Waals surface area contributed by atoms with E-state index in [4.69, 9.17) is 13.9 Å². The molecule has 30 heavy (non-hydrogen) atoms. The van der Waals surface area contributed by atoms with Crippen molar-refractivity contribution >= 4 is 16.9 Å². The van der Waals surface area contributed by atoms with Crippen LogP contribution in [0.4, 0.5) is 0 Å². The standard InChI is InChI=1S/C23H23NO6/c1-12-9-13(2)21-15(10-12)20(26)18-19(14-5-6-16(25)17(11-14)29-4)24(7-8-28-3)23(27)22(18)30-21/h5-6,9-11,19,25H,7-8H2,1-4H3/t19-/m1/s1. The third-order valence-electron chi connectivity index (χ3n) is 5.45. The summed E-state index contributed by atoms with van der Waals surface area (Å²) in [5.41, 5.74) is 2.87. The molecule has 0 aliphatic carbocycles. The van der Waals surface area contributed by atoms with Crippen molar-refractivity contribution in [2.75, 3.05) is 27.4 Å². The predicted molar refractivity (Wildman–Crippen MR) is 111 cm³/mol. The summed E-state index contributed by atoms with van der Waals surface area (Å²) in [5, 5.41) is 10.4. The van der Waals surface area contributed by atoms with Gasteiger partial charge in [0.25, 0.3) is 5.91 Å². The second kappa shape index (κ2) is 7.50. The smallest absolute Gasteiger partial charge is 0.290 e. The molecule has 0 bridgehead atoms. The molecule has 0 saturated heterocycles. The van der Waals surface area contributed by atoms with E-state index >= 15 is 0 Å². The molecule has 1 aliphatic rings. The number of ether oxygens (including phenoxy) is 2. The molecule has 7 nitrogen and oxygen atoms in total. The summed E-state index contributed by atoms with van der Waals surface area (Å²) in [6.07, 6.45) is 0. The third-order valence-corrected chi connectivity index (χ3v) is 5.45. The second-order valence-corrected chi connectivity index (χ2v) is 7.46. The number of aromatic hydroxyl groups is 1. The first kappa shape index (κ1) is 20.0. The van der Waals surface area contributed by atoms with E-state index in [1.54, 1.807) is 30.2 Å². The Morgan fingerprint density at radius 3 is 2.60 bits per heavy atom. The molecule has 2 heterocycles. The van der Waals surface area contributed by atoms with Crippen LogP contribution in [0.15, 0.2) is 39.5 Å². The number of amides is 1. The third kappa shape index (κ3) is 3.02. The fourth-order valence-electron chi connectivity index (χ4n) is 4.11. The van der Waals surface area contributed by atoms with Crippen molar-refractivity contribution < 1.29 is 23.8 Å². The highest BCUT2D eigenvalue weighted by atomic mass is 16.5. The van der Waals surface area contributed by atoms with Crippen LogP contribution in [-0.4, -0.2) is 43.3 Å². The molecule has 2 aromatic carbocycles. The first-order chi connectivity index (χ1) is 14.4. The maximum Gasteiger partial charge on any atom is 0.290 e. The van der Waals surface area contributed by atoms with Crippen LogP contribution in [0.25, 0.3) is 11.0 Å². The number of carbonyl (C=O) groups excluding carboxylic acids is 1. The Labute approximate surface area is 173 Å². The molecular formula is C23H23NO6. The fraction of sp³-hybridized carbons (Fsp3) is 0.304. The maximum atomic E-state index is 13.5. The van der Waals surface area contributed by atoms with Crippen molar-refractivity contribution in [2.24, 2.45) is 0 Å². The summed E-state index contributed by atoms with van der Waals surface area (Å²) >= 11 is 0. The molecule has 0 unspecified atom stereocenters. The summed E-state index contributed by atoms with van der Waals surface area (Å²) in [5.74, 6) is -0.0753. The van der Waals surface area contributed by atoms with Crippen LogP contribution in [0.2, 0.25) is 0 Å². The summed E-state index contributed by atoms with van der Waals surface area (Å²) in [7, 11) is 3.00. The lowest BCUT2D eigenvalue weighted by atomic mass is 9.97. The predicted octanol–water partition coefficient (Wildman–Crippen LogP) is 3.32. The minimum Gasteiger partial charge on any atom is -0.504 e. The lowest BCUT2D eigenvalue weighted by Crippen LogP contribution is -2.32. The lowest BCUT2D eigenvalue weighted by Gasteiger charge is -2.25. The number of carbonyl (C=O) groups is 1. The van der Waals surface area contributed by atoms with Crippen molar-refractivity contribution in [1.82, 2.24) is 4.90 Å². The summed E-state index contributed by atoms with van der Waals surface area (Å²) in [6, 6.07) is 7.83. The van der Waals surface area contributed by atoms with Crippen molar-refractivity contribution in [3.8, 4) is 11.5 Å². The average molecular weight is 409 g/mol. The summed E-state index contributed by atoms with van der Waals surface area (Å²) in [4.78, 5) is 28.3. The van der Waals surface area contributed by atoms with Crippen molar-refractivity contribution in [3.63, 3.8) is 0 Å². The van der Waals surface area contributed by atoms with E-state index in [0.717, 1.165) is 11.1 Å². The van der Waals surface area contributed by atoms with Crippen molar-refractivity contribution in [3.05, 3.63) is 68.6 Å². The Kier molecular flexibility index (Phi) is 4.99. The van der Waals surface area contributed by atoms with Gasteiger partial charge in [0.2, 0.25) is 5.76 Å². The molecule has 4 rings (SSSR count). The van der Waals surface area contributed by atoms with Gasteiger partial charge in [0.1, 0.15) is 5.58 Å². The van der Waals surface area contributed by atoms with E-state index in [2.05, 4.69) is 0 Å². The van der Waals surface area contributed by atoms with E-state index < -0.39 is 6.04 Å². The van der Waals surface area contributed by atoms with Gasteiger partial charge in [0, 0.05) is 13.7 Å². The zero-order valence-electron chi connectivity index (χ0n) is 17.3. The molecule has 0 saturated carbocycles. The number of hydrogen-bond acceptors (Lipinski definition) is 6. The molecule has 1 atom stereocenters. The Balaban J connectivity index is 2.00. The highest BCUT2D eigenvalue weighted by Gasteiger charge is 2.42. The normalized spacial score (nSPS) is 15.7. The van der Waals surface area contributed by atoms with E-state index in [0.29, 0.717) is 28.7 Å². The fourth-order valence-corrected chi connectivity index (χ4v) is 4.11. The summed E-state index contributed by atoms with van der Waals surface area (Å²) < 4.78 is 16.4. The van der Waals surface area contributed by atoms with Crippen molar-refractivity contribution in [2.45, 2.75) is 19.9 Å². The number of nitrogens with zero attached hydrogens (tertiary/aromatic N) is 1. The molecule has 1 N–H and O–H groups in total. The van der Waals surface area contributed by atoms with Gasteiger partial charge in [-0.3, -0.25) is 9.59 Å². The zero-order valence-corrected chi connectivity index (χ0v) is 17.3. The van der Waals surface area contributed by atoms with Gasteiger partial charge >= 0.3 is 0 Å².